The van der Waals surface area contributed by atoms with E-state index in [0.29, 0.717) is 27.0 Å². The van der Waals surface area contributed by atoms with Gasteiger partial charge in [-0.05, 0) is 46.3 Å². The Morgan fingerprint density at radius 3 is 2.63 bits per heavy atom. The average Bonchev–Trinajstić information content (AvgIpc) is 2.41. The highest BCUT2D eigenvalue weighted by Gasteiger charge is 2.11. The van der Waals surface area contributed by atoms with Gasteiger partial charge in [0, 0.05) is 10.2 Å². The molecule has 0 aliphatic rings. The molecule has 0 fully saturated rings. The first-order valence-corrected chi connectivity index (χ1v) is 6.26. The van der Waals surface area contributed by atoms with Crippen molar-refractivity contribution in [3.63, 3.8) is 0 Å². The zero-order valence-electron chi connectivity index (χ0n) is 9.85. The minimum Gasteiger partial charge on any atom is -0.398 e. The Hall–Kier alpha value is -2.32. The van der Waals surface area contributed by atoms with E-state index < -0.39 is 0 Å². The van der Waals surface area contributed by atoms with E-state index in [4.69, 9.17) is 11.0 Å². The van der Waals surface area contributed by atoms with Gasteiger partial charge >= 0.3 is 0 Å². The summed E-state index contributed by atoms with van der Waals surface area (Å²) in [4.78, 5) is 12.1. The number of hydrogen-bond donors (Lipinski definition) is 2. The summed E-state index contributed by atoms with van der Waals surface area (Å²) in [5.74, 6) is -0.288. The van der Waals surface area contributed by atoms with E-state index in [0.717, 1.165) is 0 Å². The number of halogens is 1. The number of carbonyl (C=O) groups excluding carboxylic acids is 1. The number of nitrogen functional groups attached to an aromatic ring is 1. The Labute approximate surface area is 119 Å². The lowest BCUT2D eigenvalue weighted by molar-refractivity contribution is 0.102. The fourth-order valence-corrected chi connectivity index (χ4v) is 2.06. The van der Waals surface area contributed by atoms with Crippen molar-refractivity contribution >= 4 is 33.2 Å². The van der Waals surface area contributed by atoms with Crippen molar-refractivity contribution in [1.29, 1.82) is 5.26 Å². The second-order valence-corrected chi connectivity index (χ2v) is 4.70. The molecule has 0 unspecified atom stereocenters. The predicted molar refractivity (Wildman–Crippen MR) is 77.7 cm³/mol. The first kappa shape index (κ1) is 13.1. The zero-order valence-corrected chi connectivity index (χ0v) is 11.4. The minimum atomic E-state index is -0.288. The van der Waals surface area contributed by atoms with Gasteiger partial charge in [0.25, 0.3) is 5.91 Å². The topological polar surface area (TPSA) is 78.9 Å². The summed E-state index contributed by atoms with van der Waals surface area (Å²) >= 11 is 3.31. The van der Waals surface area contributed by atoms with Gasteiger partial charge in [-0.25, -0.2) is 0 Å². The highest BCUT2D eigenvalue weighted by Crippen LogP contribution is 2.24. The summed E-state index contributed by atoms with van der Waals surface area (Å²) < 4.78 is 0.648. The van der Waals surface area contributed by atoms with Gasteiger partial charge < -0.3 is 11.1 Å². The van der Waals surface area contributed by atoms with Crippen molar-refractivity contribution in [3.05, 3.63) is 58.1 Å². The number of nitrogens with one attached hydrogen (secondary N) is 1. The fraction of sp³-hybridized carbons (Fsp3) is 0. The van der Waals surface area contributed by atoms with Crippen molar-refractivity contribution in [1.82, 2.24) is 0 Å². The van der Waals surface area contributed by atoms with Crippen molar-refractivity contribution in [2.45, 2.75) is 0 Å². The molecule has 0 aliphatic heterocycles. The van der Waals surface area contributed by atoms with Crippen LogP contribution in [0.15, 0.2) is 46.9 Å². The van der Waals surface area contributed by atoms with Crippen molar-refractivity contribution < 1.29 is 4.79 Å². The van der Waals surface area contributed by atoms with Crippen LogP contribution in [0, 0.1) is 11.3 Å². The molecule has 5 heteroatoms. The molecule has 3 N–H and O–H groups in total. The minimum absolute atomic E-state index is 0.288. The van der Waals surface area contributed by atoms with Crippen LogP contribution >= 0.6 is 15.9 Å². The quantitative estimate of drug-likeness (QED) is 0.835. The van der Waals surface area contributed by atoms with E-state index in [1.54, 1.807) is 42.5 Å². The number of rotatable bonds is 2. The van der Waals surface area contributed by atoms with Crippen LogP contribution in [0.3, 0.4) is 0 Å². The predicted octanol–water partition coefficient (Wildman–Crippen LogP) is 3.16. The molecule has 2 rings (SSSR count). The molecular weight excluding hydrogens is 306 g/mol. The molecule has 2 aromatic rings. The Morgan fingerprint density at radius 1 is 1.26 bits per heavy atom. The van der Waals surface area contributed by atoms with E-state index in [1.807, 2.05) is 6.07 Å². The zero-order chi connectivity index (χ0) is 13.8. The van der Waals surface area contributed by atoms with Gasteiger partial charge in [-0.1, -0.05) is 12.1 Å². The number of carbonyl (C=O) groups is 1. The molecule has 0 heterocycles. The number of para-hydroxylation sites is 1. The van der Waals surface area contributed by atoms with Crippen LogP contribution in [0.25, 0.3) is 0 Å². The first-order chi connectivity index (χ1) is 9.11. The van der Waals surface area contributed by atoms with E-state index >= 15 is 0 Å². The summed E-state index contributed by atoms with van der Waals surface area (Å²) in [5, 5.41) is 11.5. The maximum Gasteiger partial charge on any atom is 0.257 e. The SMILES string of the molecule is N#Cc1ccc(NC(=O)c2ccccc2N)c(Br)c1. The van der Waals surface area contributed by atoms with Crippen LogP contribution in [-0.2, 0) is 0 Å². The average molecular weight is 316 g/mol. The van der Waals surface area contributed by atoms with E-state index in [1.165, 1.54) is 0 Å². The molecule has 4 nitrogen and oxygen atoms in total. The van der Waals surface area contributed by atoms with Crippen LogP contribution in [0.1, 0.15) is 15.9 Å². The van der Waals surface area contributed by atoms with E-state index in [9.17, 15) is 4.79 Å². The molecule has 2 aromatic carbocycles. The molecule has 0 radical (unpaired) electrons. The molecule has 0 aromatic heterocycles. The summed E-state index contributed by atoms with van der Waals surface area (Å²) in [7, 11) is 0. The normalized spacial score (nSPS) is 9.68. The third-order valence-electron chi connectivity index (χ3n) is 2.55. The molecule has 19 heavy (non-hydrogen) atoms. The largest absolute Gasteiger partial charge is 0.398 e. The number of nitriles is 1. The van der Waals surface area contributed by atoms with Crippen LogP contribution in [0.2, 0.25) is 0 Å². The van der Waals surface area contributed by atoms with Gasteiger partial charge in [0.2, 0.25) is 0 Å². The maximum atomic E-state index is 12.1. The van der Waals surface area contributed by atoms with Crippen LogP contribution in [0.5, 0.6) is 0 Å². The molecule has 0 spiro atoms. The number of benzene rings is 2. The monoisotopic (exact) mass is 315 g/mol. The number of amides is 1. The Morgan fingerprint density at radius 2 is 2.00 bits per heavy atom. The molecule has 94 valence electrons. The summed E-state index contributed by atoms with van der Waals surface area (Å²) in [6.45, 7) is 0. The lowest BCUT2D eigenvalue weighted by atomic mass is 10.1. The lowest BCUT2D eigenvalue weighted by Crippen LogP contribution is -2.14. The van der Waals surface area contributed by atoms with Crippen LogP contribution in [-0.4, -0.2) is 5.91 Å². The second kappa shape index (κ2) is 5.55. The second-order valence-electron chi connectivity index (χ2n) is 3.85. The van der Waals surface area contributed by atoms with Gasteiger partial charge in [-0.15, -0.1) is 0 Å². The molecule has 0 aliphatic carbocycles. The van der Waals surface area contributed by atoms with Gasteiger partial charge in [0.05, 0.1) is 22.9 Å². The van der Waals surface area contributed by atoms with Crippen molar-refractivity contribution in [2.24, 2.45) is 0 Å². The van der Waals surface area contributed by atoms with Gasteiger partial charge in [-0.2, -0.15) is 5.26 Å². The van der Waals surface area contributed by atoms with Gasteiger partial charge in [0.15, 0.2) is 0 Å². The van der Waals surface area contributed by atoms with Crippen LogP contribution < -0.4 is 11.1 Å². The maximum absolute atomic E-state index is 12.1. The van der Waals surface area contributed by atoms with E-state index in [-0.39, 0.29) is 5.91 Å². The number of hydrogen-bond acceptors (Lipinski definition) is 3. The third kappa shape index (κ3) is 2.92. The molecule has 1 amide bonds. The molecule has 0 bridgehead atoms. The van der Waals surface area contributed by atoms with Gasteiger partial charge in [-0.3, -0.25) is 4.79 Å². The standard InChI is InChI=1S/C14H10BrN3O/c15-11-7-9(8-16)5-6-13(11)18-14(19)10-3-1-2-4-12(10)17/h1-7H,17H2,(H,18,19). The van der Waals surface area contributed by atoms with Crippen LogP contribution in [0.4, 0.5) is 11.4 Å². The van der Waals surface area contributed by atoms with Crippen molar-refractivity contribution in [3.8, 4) is 6.07 Å². The molecule has 0 atom stereocenters. The highest BCUT2D eigenvalue weighted by molar-refractivity contribution is 9.10. The highest BCUT2D eigenvalue weighted by atomic mass is 79.9. The fourth-order valence-electron chi connectivity index (χ4n) is 1.58. The smallest absolute Gasteiger partial charge is 0.257 e. The number of anilines is 2. The van der Waals surface area contributed by atoms with Crippen molar-refractivity contribution in [2.75, 3.05) is 11.1 Å². The van der Waals surface area contributed by atoms with E-state index in [2.05, 4.69) is 21.2 Å². The summed E-state index contributed by atoms with van der Waals surface area (Å²) in [6, 6.07) is 13.8. The van der Waals surface area contributed by atoms with Gasteiger partial charge in [0.1, 0.15) is 0 Å². The first-order valence-electron chi connectivity index (χ1n) is 5.47. The Bertz CT molecular complexity index is 677. The summed E-state index contributed by atoms with van der Waals surface area (Å²) in [5.41, 5.74) is 7.69. The molecular formula is C14H10BrN3O. The lowest BCUT2D eigenvalue weighted by Gasteiger charge is -2.09. The Kier molecular flexibility index (Phi) is 3.83. The number of nitrogens with zero attached hydrogens (tertiary/aromatic N) is 1. The third-order valence-corrected chi connectivity index (χ3v) is 3.21. The Balaban J connectivity index is 2.25. The summed E-state index contributed by atoms with van der Waals surface area (Å²) in [6.07, 6.45) is 0. The molecule has 0 saturated heterocycles. The number of nitrogens with two attached hydrogens (primary N) is 1. The molecule has 0 saturated carbocycles.